The molecule has 0 unspecified atom stereocenters. The van der Waals surface area contributed by atoms with Crippen LogP contribution < -0.4 is 19.7 Å². The van der Waals surface area contributed by atoms with Crippen LogP contribution in [-0.4, -0.2) is 26.2 Å². The standard InChI is InChI=1S/C19H22N2O3/c1-12(2)24-16-10-9-13(11-17(16)23-4)18-20-19(22)14-7-5-6-8-15(14)21(18)3/h5-12,18H,1-4H3,(H,20,22)/t18-/m0/s1. The molecule has 1 aliphatic heterocycles. The summed E-state index contributed by atoms with van der Waals surface area (Å²) in [6, 6.07) is 13.3. The van der Waals surface area contributed by atoms with Crippen molar-refractivity contribution >= 4 is 11.6 Å². The Labute approximate surface area is 142 Å². The highest BCUT2D eigenvalue weighted by atomic mass is 16.5. The summed E-state index contributed by atoms with van der Waals surface area (Å²) in [5, 5.41) is 3.04. The van der Waals surface area contributed by atoms with Gasteiger partial charge in [0.1, 0.15) is 6.17 Å². The highest BCUT2D eigenvalue weighted by molar-refractivity contribution is 6.02. The SMILES string of the molecule is COc1cc([C@H]2NC(=O)c3ccccc3N2C)ccc1OC(C)C. The molecule has 0 aromatic heterocycles. The van der Waals surface area contributed by atoms with E-state index >= 15 is 0 Å². The Morgan fingerprint density at radius 3 is 2.58 bits per heavy atom. The van der Waals surface area contributed by atoms with Gasteiger partial charge < -0.3 is 19.7 Å². The van der Waals surface area contributed by atoms with Gasteiger partial charge in [0, 0.05) is 7.05 Å². The second-order valence-electron chi connectivity index (χ2n) is 6.08. The maximum absolute atomic E-state index is 12.4. The largest absolute Gasteiger partial charge is 0.493 e. The second-order valence-corrected chi connectivity index (χ2v) is 6.08. The molecule has 2 aromatic rings. The molecule has 1 aliphatic rings. The first kappa shape index (κ1) is 16.2. The minimum atomic E-state index is -0.255. The van der Waals surface area contributed by atoms with Crippen molar-refractivity contribution < 1.29 is 14.3 Å². The fourth-order valence-electron chi connectivity index (χ4n) is 2.92. The quantitative estimate of drug-likeness (QED) is 0.936. The van der Waals surface area contributed by atoms with Gasteiger partial charge in [0.05, 0.1) is 24.5 Å². The molecule has 5 nitrogen and oxygen atoms in total. The smallest absolute Gasteiger partial charge is 0.255 e. The van der Waals surface area contributed by atoms with Crippen molar-refractivity contribution in [2.24, 2.45) is 0 Å². The van der Waals surface area contributed by atoms with E-state index in [2.05, 4.69) is 10.2 Å². The predicted octanol–water partition coefficient (Wildman–Crippen LogP) is 3.36. The maximum Gasteiger partial charge on any atom is 0.255 e. The van der Waals surface area contributed by atoms with Crippen LogP contribution in [0.25, 0.3) is 0 Å². The van der Waals surface area contributed by atoms with E-state index in [-0.39, 0.29) is 18.2 Å². The number of nitrogens with zero attached hydrogens (tertiary/aromatic N) is 1. The van der Waals surface area contributed by atoms with Crippen molar-refractivity contribution in [2.45, 2.75) is 26.1 Å². The molecule has 0 spiro atoms. The van der Waals surface area contributed by atoms with Crippen LogP contribution in [-0.2, 0) is 0 Å². The molecule has 1 atom stereocenters. The van der Waals surface area contributed by atoms with Gasteiger partial charge in [-0.3, -0.25) is 4.79 Å². The lowest BCUT2D eigenvalue weighted by molar-refractivity contribution is 0.0928. The Bertz CT molecular complexity index is 758. The lowest BCUT2D eigenvalue weighted by atomic mass is 10.0. The van der Waals surface area contributed by atoms with E-state index in [9.17, 15) is 4.79 Å². The van der Waals surface area contributed by atoms with Crippen molar-refractivity contribution in [1.29, 1.82) is 0 Å². The van der Waals surface area contributed by atoms with E-state index in [1.54, 1.807) is 7.11 Å². The van der Waals surface area contributed by atoms with Crippen molar-refractivity contribution in [1.82, 2.24) is 5.32 Å². The molecule has 3 rings (SSSR count). The van der Waals surface area contributed by atoms with Gasteiger partial charge in [-0.2, -0.15) is 0 Å². The summed E-state index contributed by atoms with van der Waals surface area (Å²) >= 11 is 0. The Kier molecular flexibility index (Phi) is 4.34. The summed E-state index contributed by atoms with van der Waals surface area (Å²) < 4.78 is 11.2. The highest BCUT2D eigenvalue weighted by Gasteiger charge is 2.29. The number of hydrogen-bond acceptors (Lipinski definition) is 4. The van der Waals surface area contributed by atoms with Crippen molar-refractivity contribution in [3.8, 4) is 11.5 Å². The third-order valence-electron chi connectivity index (χ3n) is 4.05. The molecule has 24 heavy (non-hydrogen) atoms. The third kappa shape index (κ3) is 2.89. The Morgan fingerprint density at radius 1 is 1.12 bits per heavy atom. The lowest BCUT2D eigenvalue weighted by Gasteiger charge is -2.36. The molecular weight excluding hydrogens is 304 g/mol. The molecule has 0 aliphatic carbocycles. The van der Waals surface area contributed by atoms with Crippen molar-refractivity contribution in [2.75, 3.05) is 19.1 Å². The van der Waals surface area contributed by atoms with Crippen LogP contribution in [0.3, 0.4) is 0 Å². The highest BCUT2D eigenvalue weighted by Crippen LogP contribution is 2.35. The maximum atomic E-state index is 12.4. The minimum absolute atomic E-state index is 0.0636. The Morgan fingerprint density at radius 2 is 1.88 bits per heavy atom. The number of amides is 1. The number of rotatable bonds is 4. The van der Waals surface area contributed by atoms with E-state index in [0.29, 0.717) is 17.1 Å². The Balaban J connectivity index is 1.96. The first-order valence-corrected chi connectivity index (χ1v) is 7.98. The van der Waals surface area contributed by atoms with Gasteiger partial charge in [-0.15, -0.1) is 0 Å². The number of anilines is 1. The summed E-state index contributed by atoms with van der Waals surface area (Å²) in [7, 11) is 3.58. The monoisotopic (exact) mass is 326 g/mol. The van der Waals surface area contributed by atoms with E-state index < -0.39 is 0 Å². The van der Waals surface area contributed by atoms with Gasteiger partial charge in [0.25, 0.3) is 5.91 Å². The lowest BCUT2D eigenvalue weighted by Crippen LogP contribution is -2.44. The molecule has 0 radical (unpaired) electrons. The topological polar surface area (TPSA) is 50.8 Å². The summed E-state index contributed by atoms with van der Waals surface area (Å²) in [4.78, 5) is 14.4. The van der Waals surface area contributed by atoms with Gasteiger partial charge in [-0.05, 0) is 43.7 Å². The van der Waals surface area contributed by atoms with Gasteiger partial charge in [-0.1, -0.05) is 18.2 Å². The fraction of sp³-hybridized carbons (Fsp3) is 0.316. The molecule has 126 valence electrons. The molecule has 1 heterocycles. The molecular formula is C19H22N2O3. The zero-order chi connectivity index (χ0) is 17.3. The minimum Gasteiger partial charge on any atom is -0.493 e. The molecule has 0 bridgehead atoms. The molecule has 0 saturated heterocycles. The molecule has 1 amide bonds. The van der Waals surface area contributed by atoms with Crippen LogP contribution in [0.15, 0.2) is 42.5 Å². The van der Waals surface area contributed by atoms with Crippen molar-refractivity contribution in [3.63, 3.8) is 0 Å². The van der Waals surface area contributed by atoms with Gasteiger partial charge in [0.2, 0.25) is 0 Å². The molecule has 0 saturated carbocycles. The summed E-state index contributed by atoms with van der Waals surface area (Å²) in [5.74, 6) is 1.28. The first-order valence-electron chi connectivity index (χ1n) is 7.98. The van der Waals surface area contributed by atoms with Crippen LogP contribution in [0.1, 0.15) is 35.9 Å². The average Bonchev–Trinajstić information content (AvgIpc) is 2.58. The Hall–Kier alpha value is -2.69. The third-order valence-corrected chi connectivity index (χ3v) is 4.05. The normalized spacial score (nSPS) is 16.6. The number of ether oxygens (including phenoxy) is 2. The van der Waals surface area contributed by atoms with Crippen LogP contribution >= 0.6 is 0 Å². The molecule has 1 N–H and O–H groups in total. The van der Waals surface area contributed by atoms with Gasteiger partial charge in [0.15, 0.2) is 11.5 Å². The van der Waals surface area contributed by atoms with Gasteiger partial charge >= 0.3 is 0 Å². The number of methoxy groups -OCH3 is 1. The molecule has 5 heteroatoms. The summed E-state index contributed by atoms with van der Waals surface area (Å²) in [5.41, 5.74) is 2.53. The number of carbonyl (C=O) groups is 1. The van der Waals surface area contributed by atoms with E-state index in [1.807, 2.05) is 63.4 Å². The van der Waals surface area contributed by atoms with E-state index in [1.165, 1.54) is 0 Å². The number of para-hydroxylation sites is 1. The first-order chi connectivity index (χ1) is 11.5. The number of carbonyl (C=O) groups excluding carboxylic acids is 1. The predicted molar refractivity (Wildman–Crippen MR) is 93.8 cm³/mol. The van der Waals surface area contributed by atoms with Crippen molar-refractivity contribution in [3.05, 3.63) is 53.6 Å². The van der Waals surface area contributed by atoms with Crippen LogP contribution in [0.4, 0.5) is 5.69 Å². The molecule has 2 aromatic carbocycles. The number of nitrogens with one attached hydrogen (secondary N) is 1. The van der Waals surface area contributed by atoms with Crippen LogP contribution in [0.5, 0.6) is 11.5 Å². The second kappa shape index (κ2) is 6.43. The zero-order valence-corrected chi connectivity index (χ0v) is 14.4. The van der Waals surface area contributed by atoms with Crippen LogP contribution in [0.2, 0.25) is 0 Å². The van der Waals surface area contributed by atoms with E-state index in [4.69, 9.17) is 9.47 Å². The van der Waals surface area contributed by atoms with E-state index in [0.717, 1.165) is 11.3 Å². The van der Waals surface area contributed by atoms with Gasteiger partial charge in [-0.25, -0.2) is 0 Å². The molecule has 0 fully saturated rings. The number of hydrogen-bond donors (Lipinski definition) is 1. The van der Waals surface area contributed by atoms with Crippen LogP contribution in [0, 0.1) is 0 Å². The fourth-order valence-corrected chi connectivity index (χ4v) is 2.92. The average molecular weight is 326 g/mol. The number of fused-ring (bicyclic) bond motifs is 1. The number of benzene rings is 2. The zero-order valence-electron chi connectivity index (χ0n) is 14.4. The summed E-state index contributed by atoms with van der Waals surface area (Å²) in [6.07, 6.45) is -0.192. The summed E-state index contributed by atoms with van der Waals surface area (Å²) in [6.45, 7) is 3.94.